The number of alkyl halides is 3. The number of Topliss-reactive ketones (excluding diaryl/α,β-unsaturated/α-hetero) is 1. The molecule has 0 bridgehead atoms. The third-order valence-corrected chi connectivity index (χ3v) is 5.12. The number of halogens is 3. The Hall–Kier alpha value is -3.16. The van der Waals surface area contributed by atoms with E-state index in [0.29, 0.717) is 22.6 Å². The van der Waals surface area contributed by atoms with Gasteiger partial charge < -0.3 is 9.47 Å². The number of hydrogen-bond donors (Lipinski definition) is 0. The second-order valence-corrected chi connectivity index (χ2v) is 7.23. The number of ketones is 1. The Bertz CT molecular complexity index is 1010. The van der Waals surface area contributed by atoms with Gasteiger partial charge in [-0.3, -0.25) is 9.79 Å². The molecule has 5 nitrogen and oxygen atoms in total. The van der Waals surface area contributed by atoms with Gasteiger partial charge in [-0.25, -0.2) is 4.98 Å². The molecule has 0 spiro atoms. The van der Waals surface area contributed by atoms with Crippen molar-refractivity contribution in [3.05, 3.63) is 53.9 Å². The van der Waals surface area contributed by atoms with Gasteiger partial charge in [-0.1, -0.05) is 6.42 Å². The zero-order valence-electron chi connectivity index (χ0n) is 16.2. The quantitative estimate of drug-likeness (QED) is 0.640. The summed E-state index contributed by atoms with van der Waals surface area (Å²) in [5.74, 6) is 0.190. The van der Waals surface area contributed by atoms with Crippen molar-refractivity contribution in [3.63, 3.8) is 0 Å². The number of rotatable bonds is 4. The average Bonchev–Trinajstić information content (AvgIpc) is 2.70. The van der Waals surface area contributed by atoms with E-state index in [9.17, 15) is 18.0 Å². The molecule has 1 saturated carbocycles. The second-order valence-electron chi connectivity index (χ2n) is 7.23. The van der Waals surface area contributed by atoms with Gasteiger partial charge in [0.15, 0.2) is 5.78 Å². The van der Waals surface area contributed by atoms with E-state index in [4.69, 9.17) is 4.74 Å². The molecule has 1 aromatic heterocycles. The number of nitrogens with zero attached hydrogens (tertiary/aromatic N) is 2. The van der Waals surface area contributed by atoms with Gasteiger partial charge in [-0.2, -0.15) is 0 Å². The fourth-order valence-electron chi connectivity index (χ4n) is 3.81. The van der Waals surface area contributed by atoms with Gasteiger partial charge >= 0.3 is 6.36 Å². The molecular weight excluding hydrogens is 397 g/mol. The highest BCUT2D eigenvalue weighted by atomic mass is 19.4. The van der Waals surface area contributed by atoms with Crippen LogP contribution in [-0.4, -0.2) is 22.8 Å². The predicted octanol–water partition coefficient (Wildman–Crippen LogP) is 5.72. The topological polar surface area (TPSA) is 60.8 Å². The predicted molar refractivity (Wildman–Crippen MR) is 104 cm³/mol. The number of aliphatic imine (C=N–C) groups is 1. The van der Waals surface area contributed by atoms with E-state index < -0.39 is 6.36 Å². The molecule has 156 valence electrons. The van der Waals surface area contributed by atoms with Crippen LogP contribution in [0.15, 0.2) is 53.3 Å². The molecule has 8 heteroatoms. The fourth-order valence-corrected chi connectivity index (χ4v) is 3.81. The van der Waals surface area contributed by atoms with Crippen molar-refractivity contribution in [2.24, 2.45) is 10.9 Å². The number of aromatic nitrogens is 1. The van der Waals surface area contributed by atoms with E-state index in [-0.39, 0.29) is 23.3 Å². The van der Waals surface area contributed by atoms with Crippen LogP contribution in [-0.2, 0) is 4.79 Å². The Kier molecular flexibility index (Phi) is 5.32. The van der Waals surface area contributed by atoms with Crippen molar-refractivity contribution < 1.29 is 27.4 Å². The van der Waals surface area contributed by atoms with Crippen LogP contribution in [0, 0.1) is 5.92 Å². The van der Waals surface area contributed by atoms with Gasteiger partial charge in [0.1, 0.15) is 11.5 Å². The monoisotopic (exact) mass is 416 g/mol. The van der Waals surface area contributed by atoms with Crippen molar-refractivity contribution in [2.45, 2.75) is 39.0 Å². The summed E-state index contributed by atoms with van der Waals surface area (Å²) in [7, 11) is 0. The van der Waals surface area contributed by atoms with E-state index in [1.54, 1.807) is 18.3 Å². The molecule has 2 heterocycles. The summed E-state index contributed by atoms with van der Waals surface area (Å²) in [5, 5.41) is 0. The van der Waals surface area contributed by atoms with Crippen molar-refractivity contribution in [1.29, 1.82) is 0 Å². The number of carbonyl (C=O) groups is 1. The van der Waals surface area contributed by atoms with Gasteiger partial charge in [0.25, 0.3) is 0 Å². The van der Waals surface area contributed by atoms with Gasteiger partial charge in [-0.15, -0.1) is 13.2 Å². The first kappa shape index (κ1) is 20.1. The molecule has 1 atom stereocenters. The largest absolute Gasteiger partial charge is 0.573 e. The number of fused-ring (bicyclic) bond motifs is 1. The normalized spacial score (nSPS) is 19.3. The summed E-state index contributed by atoms with van der Waals surface area (Å²) in [6.07, 6.45) is 0.611. The molecule has 0 saturated heterocycles. The van der Waals surface area contributed by atoms with E-state index >= 15 is 0 Å². The van der Waals surface area contributed by atoms with Crippen molar-refractivity contribution in [3.8, 4) is 17.4 Å². The molecule has 30 heavy (non-hydrogen) atoms. The van der Waals surface area contributed by atoms with Crippen LogP contribution in [0.2, 0.25) is 0 Å². The maximum Gasteiger partial charge on any atom is 0.573 e. The van der Waals surface area contributed by atoms with Crippen LogP contribution in [0.1, 0.15) is 38.2 Å². The maximum atomic E-state index is 13.0. The summed E-state index contributed by atoms with van der Waals surface area (Å²) >= 11 is 0. The molecule has 2 aliphatic rings. The number of hydrogen-bond acceptors (Lipinski definition) is 5. The third-order valence-electron chi connectivity index (χ3n) is 5.12. The smallest absolute Gasteiger partial charge is 0.439 e. The first-order chi connectivity index (χ1) is 14.3. The van der Waals surface area contributed by atoms with Gasteiger partial charge in [-0.05, 0) is 56.5 Å². The van der Waals surface area contributed by atoms with Crippen LogP contribution in [0.25, 0.3) is 5.57 Å². The minimum absolute atomic E-state index is 0.0907. The molecule has 2 aromatic rings. The van der Waals surface area contributed by atoms with Crippen LogP contribution in [0.3, 0.4) is 0 Å². The lowest BCUT2D eigenvalue weighted by atomic mass is 9.78. The SMILES string of the molecule is CC1=C(c2ccc(Oc3ccc(OC(F)(F)F)cc3)nc2)C(=O)C2CCCCC2=N1. The van der Waals surface area contributed by atoms with E-state index in [0.717, 1.165) is 43.5 Å². The number of benzene rings is 1. The molecule has 1 aromatic carbocycles. The number of allylic oxidation sites excluding steroid dienone is 2. The zero-order valence-corrected chi connectivity index (χ0v) is 16.2. The molecule has 1 fully saturated rings. The second kappa shape index (κ2) is 7.93. The van der Waals surface area contributed by atoms with E-state index in [1.165, 1.54) is 12.1 Å². The highest BCUT2D eigenvalue weighted by Gasteiger charge is 2.34. The molecule has 0 amide bonds. The Morgan fingerprint density at radius 2 is 1.77 bits per heavy atom. The number of pyridine rings is 1. The highest BCUT2D eigenvalue weighted by Crippen LogP contribution is 2.35. The van der Waals surface area contributed by atoms with Crippen molar-refractivity contribution in [2.75, 3.05) is 0 Å². The first-order valence-electron chi connectivity index (χ1n) is 9.63. The maximum absolute atomic E-state index is 13.0. The molecule has 1 aliphatic heterocycles. The average molecular weight is 416 g/mol. The summed E-state index contributed by atoms with van der Waals surface area (Å²) in [6, 6.07) is 8.38. The standard InChI is InChI=1S/C22H19F3N2O3/c1-13-20(21(28)17-4-2-3-5-18(17)27-13)14-6-11-19(26-12-14)29-15-7-9-16(10-8-15)30-22(23,24)25/h6-12,17H,2-5H2,1H3. The van der Waals surface area contributed by atoms with Crippen LogP contribution in [0.5, 0.6) is 17.4 Å². The lowest BCUT2D eigenvalue weighted by molar-refractivity contribution is -0.274. The van der Waals surface area contributed by atoms with E-state index in [1.807, 2.05) is 6.92 Å². The Morgan fingerprint density at radius 3 is 2.43 bits per heavy atom. The van der Waals surface area contributed by atoms with Crippen LogP contribution in [0.4, 0.5) is 13.2 Å². The molecular formula is C22H19F3N2O3. The Morgan fingerprint density at radius 1 is 1.03 bits per heavy atom. The van der Waals surface area contributed by atoms with Crippen LogP contribution >= 0.6 is 0 Å². The molecule has 4 rings (SSSR count). The van der Waals surface area contributed by atoms with Gasteiger partial charge in [0, 0.05) is 34.8 Å². The summed E-state index contributed by atoms with van der Waals surface area (Å²) in [6.45, 7) is 1.83. The Balaban J connectivity index is 1.49. The molecule has 1 unspecified atom stereocenters. The molecule has 1 aliphatic carbocycles. The Labute approximate surface area is 171 Å². The first-order valence-corrected chi connectivity index (χ1v) is 9.63. The van der Waals surface area contributed by atoms with Gasteiger partial charge in [0.2, 0.25) is 5.88 Å². The lowest BCUT2D eigenvalue weighted by Crippen LogP contribution is -2.31. The van der Waals surface area contributed by atoms with Crippen molar-refractivity contribution >= 4 is 17.1 Å². The summed E-state index contributed by atoms with van der Waals surface area (Å²) in [5.41, 5.74) is 2.94. The van der Waals surface area contributed by atoms with Gasteiger partial charge in [0.05, 0.1) is 5.92 Å². The number of carbonyl (C=O) groups excluding carboxylic acids is 1. The fraction of sp³-hybridized carbons (Fsp3) is 0.318. The number of ether oxygens (including phenoxy) is 2. The highest BCUT2D eigenvalue weighted by molar-refractivity contribution is 6.30. The van der Waals surface area contributed by atoms with E-state index in [2.05, 4.69) is 14.7 Å². The molecule has 0 N–H and O–H groups in total. The third kappa shape index (κ3) is 4.37. The summed E-state index contributed by atoms with van der Waals surface area (Å²) in [4.78, 5) is 21.9. The van der Waals surface area contributed by atoms with Crippen molar-refractivity contribution in [1.82, 2.24) is 4.98 Å². The zero-order chi connectivity index (χ0) is 21.3. The lowest BCUT2D eigenvalue weighted by Gasteiger charge is -2.28. The minimum atomic E-state index is -4.74. The summed E-state index contributed by atoms with van der Waals surface area (Å²) < 4.78 is 46.1. The molecule has 0 radical (unpaired) electrons. The minimum Gasteiger partial charge on any atom is -0.439 e. The van der Waals surface area contributed by atoms with Crippen LogP contribution < -0.4 is 9.47 Å².